The minimum atomic E-state index is 0.0556. The smallest absolute Gasteiger partial charge is 0.121 e. The van der Waals surface area contributed by atoms with E-state index in [1.54, 1.807) is 6.26 Å². The zero-order valence-corrected chi connectivity index (χ0v) is 8.53. The molecule has 1 aliphatic heterocycles. The molecule has 0 amide bonds. The van der Waals surface area contributed by atoms with E-state index in [1.807, 2.05) is 19.9 Å². The second-order valence-electron chi connectivity index (χ2n) is 2.67. The number of aliphatic hydroxyl groups excluding tert-OH is 1. The molecule has 1 atom stereocenters. The van der Waals surface area contributed by atoms with Crippen molar-refractivity contribution in [3.8, 4) is 0 Å². The van der Waals surface area contributed by atoms with E-state index >= 15 is 0 Å². The first-order valence-electron chi connectivity index (χ1n) is 4.84. The molecule has 3 heteroatoms. The summed E-state index contributed by atoms with van der Waals surface area (Å²) in [5, 5.41) is 8.53. The lowest BCUT2D eigenvalue weighted by Gasteiger charge is -2.15. The van der Waals surface area contributed by atoms with Crippen LogP contribution in [0.5, 0.6) is 0 Å². The van der Waals surface area contributed by atoms with Gasteiger partial charge in [-0.3, -0.25) is 0 Å². The Kier molecular flexibility index (Phi) is 9.15. The van der Waals surface area contributed by atoms with E-state index in [-0.39, 0.29) is 12.7 Å². The third-order valence-corrected chi connectivity index (χ3v) is 1.63. The van der Waals surface area contributed by atoms with E-state index in [2.05, 4.69) is 0 Å². The molecule has 0 spiro atoms. The summed E-state index contributed by atoms with van der Waals surface area (Å²) in [4.78, 5) is 0. The van der Waals surface area contributed by atoms with E-state index in [9.17, 15) is 0 Å². The fraction of sp³-hybridized carbons (Fsp3) is 0.800. The Balaban J connectivity index is 0.000000252. The number of aliphatic hydroxyl groups is 1. The number of hydrogen-bond donors (Lipinski definition) is 1. The lowest BCUT2D eigenvalue weighted by atomic mass is 10.2. The van der Waals surface area contributed by atoms with Crippen molar-refractivity contribution in [1.82, 2.24) is 0 Å². The third-order valence-electron chi connectivity index (χ3n) is 1.63. The van der Waals surface area contributed by atoms with Gasteiger partial charge in [-0.1, -0.05) is 0 Å². The lowest BCUT2D eigenvalue weighted by Crippen LogP contribution is -2.16. The first-order chi connectivity index (χ1) is 6.35. The maximum absolute atomic E-state index is 8.53. The Hall–Kier alpha value is -0.540. The van der Waals surface area contributed by atoms with Crippen LogP contribution in [-0.4, -0.2) is 31.0 Å². The van der Waals surface area contributed by atoms with Gasteiger partial charge in [0.1, 0.15) is 6.10 Å². The van der Waals surface area contributed by atoms with Crippen LogP contribution in [0.25, 0.3) is 0 Å². The van der Waals surface area contributed by atoms with E-state index < -0.39 is 0 Å². The topological polar surface area (TPSA) is 38.7 Å². The van der Waals surface area contributed by atoms with Gasteiger partial charge in [-0.05, 0) is 32.8 Å². The highest BCUT2D eigenvalue weighted by molar-refractivity contribution is 4.81. The van der Waals surface area contributed by atoms with E-state index in [0.717, 1.165) is 26.1 Å². The van der Waals surface area contributed by atoms with E-state index in [0.29, 0.717) is 0 Å². The Bertz CT molecular complexity index is 121. The maximum atomic E-state index is 8.53. The summed E-state index contributed by atoms with van der Waals surface area (Å²) in [6.45, 7) is 5.81. The number of ether oxygens (including phenoxy) is 2. The van der Waals surface area contributed by atoms with Crippen LogP contribution in [0, 0.1) is 0 Å². The van der Waals surface area contributed by atoms with Gasteiger partial charge in [-0.15, -0.1) is 0 Å². The zero-order valence-electron chi connectivity index (χ0n) is 8.53. The summed E-state index contributed by atoms with van der Waals surface area (Å²) in [5.41, 5.74) is 0. The molecule has 1 heterocycles. The van der Waals surface area contributed by atoms with Crippen LogP contribution in [-0.2, 0) is 9.47 Å². The van der Waals surface area contributed by atoms with Crippen molar-refractivity contribution >= 4 is 0 Å². The molecule has 78 valence electrons. The largest absolute Gasteiger partial charge is 0.496 e. The van der Waals surface area contributed by atoms with Crippen molar-refractivity contribution in [3.05, 3.63) is 12.3 Å². The van der Waals surface area contributed by atoms with Crippen LogP contribution < -0.4 is 0 Å². The highest BCUT2D eigenvalue weighted by atomic mass is 16.5. The quantitative estimate of drug-likeness (QED) is 0.732. The van der Waals surface area contributed by atoms with E-state index in [1.165, 1.54) is 0 Å². The van der Waals surface area contributed by atoms with Gasteiger partial charge in [0.15, 0.2) is 0 Å². The molecular weight excluding hydrogens is 168 g/mol. The Labute approximate surface area is 80.4 Å². The molecule has 0 saturated carbocycles. The molecule has 3 nitrogen and oxygen atoms in total. The van der Waals surface area contributed by atoms with Gasteiger partial charge in [0, 0.05) is 13.2 Å². The first kappa shape index (κ1) is 12.5. The van der Waals surface area contributed by atoms with Crippen molar-refractivity contribution in [2.75, 3.05) is 19.8 Å². The molecule has 0 bridgehead atoms. The molecule has 0 saturated heterocycles. The van der Waals surface area contributed by atoms with Gasteiger partial charge in [-0.2, -0.15) is 0 Å². The molecule has 0 radical (unpaired) electrons. The summed E-state index contributed by atoms with van der Waals surface area (Å²) in [5.74, 6) is 0. The number of hydrogen-bond acceptors (Lipinski definition) is 3. The van der Waals surface area contributed by atoms with Gasteiger partial charge in [0.05, 0.1) is 12.9 Å². The molecule has 1 N–H and O–H groups in total. The van der Waals surface area contributed by atoms with Crippen molar-refractivity contribution < 1.29 is 14.6 Å². The molecule has 1 aliphatic rings. The average Bonchev–Trinajstić information content (AvgIpc) is 2.21. The maximum Gasteiger partial charge on any atom is 0.121 e. The average molecular weight is 188 g/mol. The van der Waals surface area contributed by atoms with Crippen LogP contribution in [0.3, 0.4) is 0 Å². The summed E-state index contributed by atoms with van der Waals surface area (Å²) in [6, 6.07) is 0. The molecule has 13 heavy (non-hydrogen) atoms. The highest BCUT2D eigenvalue weighted by Crippen LogP contribution is 2.08. The normalized spacial score (nSPS) is 20.1. The Morgan fingerprint density at radius 3 is 2.38 bits per heavy atom. The van der Waals surface area contributed by atoms with Crippen molar-refractivity contribution in [2.24, 2.45) is 0 Å². The fourth-order valence-electron chi connectivity index (χ4n) is 0.923. The van der Waals surface area contributed by atoms with Crippen LogP contribution in [0.15, 0.2) is 12.3 Å². The molecule has 0 aromatic carbocycles. The summed E-state index contributed by atoms with van der Waals surface area (Å²) >= 11 is 0. The standard InChI is InChI=1S/C6H10O2.C4H10O/c7-5-6-3-1-2-4-8-6;1-3-5-4-2/h2,4,6-7H,1,3,5H2;3-4H2,1-2H3. The second-order valence-corrected chi connectivity index (χ2v) is 2.67. The summed E-state index contributed by atoms with van der Waals surface area (Å²) in [6.07, 6.45) is 5.66. The minimum Gasteiger partial charge on any atom is -0.496 e. The van der Waals surface area contributed by atoms with Crippen LogP contribution >= 0.6 is 0 Å². The molecule has 1 rings (SSSR count). The van der Waals surface area contributed by atoms with Crippen LogP contribution in [0.2, 0.25) is 0 Å². The van der Waals surface area contributed by atoms with Gasteiger partial charge >= 0.3 is 0 Å². The summed E-state index contributed by atoms with van der Waals surface area (Å²) < 4.78 is 9.83. The molecule has 0 fully saturated rings. The Morgan fingerprint density at radius 1 is 1.46 bits per heavy atom. The first-order valence-corrected chi connectivity index (χ1v) is 4.84. The second kappa shape index (κ2) is 9.55. The monoisotopic (exact) mass is 188 g/mol. The molecule has 0 aromatic heterocycles. The van der Waals surface area contributed by atoms with Crippen molar-refractivity contribution in [1.29, 1.82) is 0 Å². The zero-order chi connectivity index (χ0) is 9.94. The molecule has 0 aliphatic carbocycles. The highest BCUT2D eigenvalue weighted by Gasteiger charge is 2.07. The third kappa shape index (κ3) is 7.81. The van der Waals surface area contributed by atoms with E-state index in [4.69, 9.17) is 14.6 Å². The van der Waals surface area contributed by atoms with Crippen molar-refractivity contribution in [2.45, 2.75) is 32.8 Å². The van der Waals surface area contributed by atoms with Gasteiger partial charge < -0.3 is 14.6 Å². The molecule has 1 unspecified atom stereocenters. The summed E-state index contributed by atoms with van der Waals surface area (Å²) in [7, 11) is 0. The van der Waals surface area contributed by atoms with Gasteiger partial charge in [-0.25, -0.2) is 0 Å². The van der Waals surface area contributed by atoms with Crippen molar-refractivity contribution in [3.63, 3.8) is 0 Å². The fourth-order valence-corrected chi connectivity index (χ4v) is 0.923. The lowest BCUT2D eigenvalue weighted by molar-refractivity contribution is 0.0634. The molecular formula is C10H20O3. The van der Waals surface area contributed by atoms with Crippen LogP contribution in [0.4, 0.5) is 0 Å². The van der Waals surface area contributed by atoms with Crippen LogP contribution in [0.1, 0.15) is 26.7 Å². The predicted molar refractivity (Wildman–Crippen MR) is 52.5 cm³/mol. The Morgan fingerprint density at radius 2 is 2.15 bits per heavy atom. The number of allylic oxidation sites excluding steroid dienone is 1. The minimum absolute atomic E-state index is 0.0556. The van der Waals surface area contributed by atoms with Gasteiger partial charge in [0.2, 0.25) is 0 Å². The SMILES string of the molecule is CCOCC.OCC1CCC=CO1. The predicted octanol–water partition coefficient (Wildman–Crippen LogP) is 1.71. The number of rotatable bonds is 3. The molecule has 0 aromatic rings. The van der Waals surface area contributed by atoms with Gasteiger partial charge in [0.25, 0.3) is 0 Å².